The van der Waals surface area contributed by atoms with E-state index in [0.29, 0.717) is 16.9 Å². The Morgan fingerprint density at radius 1 is 1.19 bits per heavy atom. The first kappa shape index (κ1) is 18.2. The number of nitrogens with zero attached hydrogens (tertiary/aromatic N) is 1. The van der Waals surface area contributed by atoms with Crippen LogP contribution in [0.4, 0.5) is 11.6 Å². The number of rotatable bonds is 6. The number of thiophene rings is 1. The van der Waals surface area contributed by atoms with Gasteiger partial charge in [0.25, 0.3) is 10.0 Å². The summed E-state index contributed by atoms with van der Waals surface area (Å²) in [7, 11) is -3.80. The molecule has 0 atom stereocenters. The number of carbonyl (C=O) groups is 1. The zero-order valence-corrected chi connectivity index (χ0v) is 15.8. The molecule has 0 aliphatic carbocycles. The summed E-state index contributed by atoms with van der Waals surface area (Å²) in [6, 6.07) is 9.69. The van der Waals surface area contributed by atoms with Gasteiger partial charge in [-0.1, -0.05) is 11.2 Å². The molecule has 3 aromatic rings. The van der Waals surface area contributed by atoms with Crippen molar-refractivity contribution in [2.75, 3.05) is 10.0 Å². The Morgan fingerprint density at radius 3 is 2.50 bits per heavy atom. The van der Waals surface area contributed by atoms with Crippen LogP contribution in [0.5, 0.6) is 0 Å². The maximum atomic E-state index is 12.4. The number of benzene rings is 1. The molecule has 1 aromatic carbocycles. The molecule has 1 amide bonds. The minimum atomic E-state index is -3.80. The number of aryl methyl sites for hydroxylation is 1. The van der Waals surface area contributed by atoms with Gasteiger partial charge in [-0.05, 0) is 49.6 Å². The Morgan fingerprint density at radius 2 is 1.92 bits per heavy atom. The van der Waals surface area contributed by atoms with Crippen molar-refractivity contribution in [3.05, 3.63) is 57.9 Å². The van der Waals surface area contributed by atoms with Crippen molar-refractivity contribution in [3.63, 3.8) is 0 Å². The molecule has 2 heterocycles. The van der Waals surface area contributed by atoms with Gasteiger partial charge >= 0.3 is 0 Å². The molecule has 0 fully saturated rings. The quantitative estimate of drug-likeness (QED) is 0.671. The zero-order valence-electron chi connectivity index (χ0n) is 14.1. The van der Waals surface area contributed by atoms with E-state index in [1.807, 2.05) is 17.5 Å². The molecule has 2 N–H and O–H groups in total. The summed E-state index contributed by atoms with van der Waals surface area (Å²) >= 11 is 1.51. The predicted molar refractivity (Wildman–Crippen MR) is 99.9 cm³/mol. The minimum absolute atomic E-state index is 0.0576. The first-order valence-corrected chi connectivity index (χ1v) is 10.1. The molecule has 3 rings (SSSR count). The van der Waals surface area contributed by atoms with E-state index in [4.69, 9.17) is 4.52 Å². The molecule has 0 aliphatic heterocycles. The third kappa shape index (κ3) is 4.12. The normalized spacial score (nSPS) is 11.3. The number of carbonyl (C=O) groups excluding carboxylic acids is 1. The van der Waals surface area contributed by atoms with Crippen LogP contribution in [0.25, 0.3) is 0 Å². The van der Waals surface area contributed by atoms with Crippen molar-refractivity contribution in [2.24, 2.45) is 0 Å². The summed E-state index contributed by atoms with van der Waals surface area (Å²) in [6.07, 6.45) is 0.281. The van der Waals surface area contributed by atoms with Crippen molar-refractivity contribution < 1.29 is 17.7 Å². The number of sulfonamides is 1. The van der Waals surface area contributed by atoms with E-state index in [0.717, 1.165) is 4.88 Å². The molecule has 136 valence electrons. The number of hydrogen-bond acceptors (Lipinski definition) is 6. The highest BCUT2D eigenvalue weighted by atomic mass is 32.2. The van der Waals surface area contributed by atoms with E-state index in [2.05, 4.69) is 15.2 Å². The first-order valence-electron chi connectivity index (χ1n) is 7.73. The molecule has 0 unspecified atom stereocenters. The number of anilines is 2. The Balaban J connectivity index is 1.68. The molecule has 0 saturated heterocycles. The van der Waals surface area contributed by atoms with Gasteiger partial charge in [-0.25, -0.2) is 13.1 Å². The second-order valence-electron chi connectivity index (χ2n) is 5.66. The fraction of sp³-hybridized carbons (Fsp3) is 0.176. The lowest BCUT2D eigenvalue weighted by molar-refractivity contribution is -0.115. The molecule has 0 aliphatic rings. The highest BCUT2D eigenvalue weighted by Crippen LogP contribution is 2.22. The van der Waals surface area contributed by atoms with Gasteiger partial charge in [-0.15, -0.1) is 11.3 Å². The van der Waals surface area contributed by atoms with Crippen LogP contribution in [0.1, 0.15) is 16.1 Å². The highest BCUT2D eigenvalue weighted by molar-refractivity contribution is 7.92. The van der Waals surface area contributed by atoms with Crippen molar-refractivity contribution in [3.8, 4) is 0 Å². The summed E-state index contributed by atoms with van der Waals surface area (Å²) in [5.41, 5.74) is 1.77. The Hall–Kier alpha value is -2.65. The van der Waals surface area contributed by atoms with Gasteiger partial charge in [0.2, 0.25) is 11.8 Å². The monoisotopic (exact) mass is 391 g/mol. The first-order chi connectivity index (χ1) is 12.3. The van der Waals surface area contributed by atoms with Crippen LogP contribution < -0.4 is 10.0 Å². The van der Waals surface area contributed by atoms with Crippen LogP contribution >= 0.6 is 11.3 Å². The van der Waals surface area contributed by atoms with E-state index >= 15 is 0 Å². The van der Waals surface area contributed by atoms with E-state index in [1.54, 1.807) is 26.0 Å². The summed E-state index contributed by atoms with van der Waals surface area (Å²) in [5.74, 6) is -0.0650. The van der Waals surface area contributed by atoms with Crippen molar-refractivity contribution in [1.29, 1.82) is 0 Å². The maximum Gasteiger partial charge on any atom is 0.264 e. The van der Waals surface area contributed by atoms with E-state index in [9.17, 15) is 13.2 Å². The molecular weight excluding hydrogens is 374 g/mol. The molecule has 2 aromatic heterocycles. The third-order valence-electron chi connectivity index (χ3n) is 3.75. The Kier molecular flexibility index (Phi) is 5.10. The largest absolute Gasteiger partial charge is 0.337 e. The van der Waals surface area contributed by atoms with Gasteiger partial charge in [0.1, 0.15) is 0 Å². The number of nitrogens with one attached hydrogen (secondary N) is 2. The van der Waals surface area contributed by atoms with Crippen molar-refractivity contribution in [2.45, 2.75) is 25.2 Å². The summed E-state index contributed by atoms with van der Waals surface area (Å²) in [6.45, 7) is 3.44. The van der Waals surface area contributed by atoms with E-state index in [1.165, 1.54) is 23.5 Å². The summed E-state index contributed by atoms with van der Waals surface area (Å²) < 4.78 is 32.2. The van der Waals surface area contributed by atoms with Gasteiger partial charge in [-0.3, -0.25) is 4.79 Å². The minimum Gasteiger partial charge on any atom is -0.337 e. The predicted octanol–water partition coefficient (Wildman–Crippen LogP) is 3.33. The van der Waals surface area contributed by atoms with Crippen molar-refractivity contribution >= 4 is 38.8 Å². The van der Waals surface area contributed by atoms with Crippen LogP contribution in [0.3, 0.4) is 0 Å². The van der Waals surface area contributed by atoms with Gasteiger partial charge in [0.15, 0.2) is 0 Å². The second-order valence-corrected chi connectivity index (χ2v) is 8.37. The van der Waals surface area contributed by atoms with Gasteiger partial charge in [0, 0.05) is 16.1 Å². The van der Waals surface area contributed by atoms with Gasteiger partial charge in [-0.2, -0.15) is 0 Å². The zero-order chi connectivity index (χ0) is 18.7. The van der Waals surface area contributed by atoms with E-state index in [-0.39, 0.29) is 23.1 Å². The SMILES string of the molecule is Cc1noc(NS(=O)(=O)c2ccc(NC(=O)Cc3cccs3)cc2)c1C. The lowest BCUT2D eigenvalue weighted by Crippen LogP contribution is -2.15. The average Bonchev–Trinajstić information content (AvgIpc) is 3.20. The lowest BCUT2D eigenvalue weighted by atomic mass is 10.3. The maximum absolute atomic E-state index is 12.4. The molecule has 7 nitrogen and oxygen atoms in total. The smallest absolute Gasteiger partial charge is 0.264 e. The molecule has 0 bridgehead atoms. The second kappa shape index (κ2) is 7.30. The molecule has 0 saturated carbocycles. The van der Waals surface area contributed by atoms with Crippen LogP contribution in [0, 0.1) is 13.8 Å². The number of aromatic nitrogens is 1. The number of amides is 1. The fourth-order valence-corrected chi connectivity index (χ4v) is 3.94. The number of hydrogen-bond donors (Lipinski definition) is 2. The molecule has 26 heavy (non-hydrogen) atoms. The third-order valence-corrected chi connectivity index (χ3v) is 5.97. The summed E-state index contributed by atoms with van der Waals surface area (Å²) in [4.78, 5) is 13.0. The molecule has 0 spiro atoms. The fourth-order valence-electron chi connectivity index (χ4n) is 2.19. The topological polar surface area (TPSA) is 101 Å². The van der Waals surface area contributed by atoms with Crippen LogP contribution in [0.15, 0.2) is 51.2 Å². The standard InChI is InChI=1S/C17H17N3O4S2/c1-11-12(2)19-24-17(11)20-26(22,23)15-7-5-13(6-8-15)18-16(21)10-14-4-3-9-25-14/h3-9,20H,10H2,1-2H3,(H,18,21). The van der Waals surface area contributed by atoms with Crippen LogP contribution in [-0.2, 0) is 21.2 Å². The van der Waals surface area contributed by atoms with Crippen LogP contribution in [0.2, 0.25) is 0 Å². The highest BCUT2D eigenvalue weighted by Gasteiger charge is 2.19. The van der Waals surface area contributed by atoms with Crippen molar-refractivity contribution in [1.82, 2.24) is 5.16 Å². The molecular formula is C17H17N3O4S2. The van der Waals surface area contributed by atoms with Gasteiger partial charge in [0.05, 0.1) is 17.0 Å². The van der Waals surface area contributed by atoms with E-state index < -0.39 is 10.0 Å². The van der Waals surface area contributed by atoms with Gasteiger partial charge < -0.3 is 9.84 Å². The average molecular weight is 391 g/mol. The Labute approximate surface area is 155 Å². The van der Waals surface area contributed by atoms with Crippen LogP contribution in [-0.4, -0.2) is 19.5 Å². The lowest BCUT2D eigenvalue weighted by Gasteiger charge is -2.08. The molecule has 0 radical (unpaired) electrons. The Bertz CT molecular complexity index is 1010. The molecule has 9 heteroatoms. The summed E-state index contributed by atoms with van der Waals surface area (Å²) in [5, 5.41) is 8.38.